The average molecular weight is 480 g/mol. The van der Waals surface area contributed by atoms with Gasteiger partial charge in [-0.25, -0.2) is 4.98 Å². The van der Waals surface area contributed by atoms with E-state index < -0.39 is 6.36 Å². The molecule has 0 aliphatic carbocycles. The fourth-order valence-corrected chi connectivity index (χ4v) is 3.23. The van der Waals surface area contributed by atoms with Gasteiger partial charge in [-0.2, -0.15) is 4.98 Å². The molecule has 3 aromatic rings. The van der Waals surface area contributed by atoms with Crippen LogP contribution in [0, 0.1) is 6.92 Å². The standard InChI is InChI=1S/C23H25ClF3N5O/c1-15-8-9-17(24)13-19(15)29-21-14-20(30-22(31-21)28-10-5-11-32(2)3)16-6-4-7-18(12-16)33-23(25,26)27/h4,6-9,12-14H,5,10-11H2,1-3H3,(H2,28,29,30,31). The van der Waals surface area contributed by atoms with Crippen LogP contribution in [0.2, 0.25) is 5.02 Å². The van der Waals surface area contributed by atoms with E-state index in [-0.39, 0.29) is 5.75 Å². The molecule has 0 spiro atoms. The van der Waals surface area contributed by atoms with Crippen LogP contribution in [-0.2, 0) is 0 Å². The summed E-state index contributed by atoms with van der Waals surface area (Å²) < 4.78 is 42.0. The number of halogens is 4. The Kier molecular flexibility index (Phi) is 7.99. The Morgan fingerprint density at radius 3 is 2.58 bits per heavy atom. The molecule has 2 aromatic carbocycles. The zero-order valence-electron chi connectivity index (χ0n) is 18.5. The second kappa shape index (κ2) is 10.7. The average Bonchev–Trinajstić information content (AvgIpc) is 2.72. The first-order chi connectivity index (χ1) is 15.6. The lowest BCUT2D eigenvalue weighted by molar-refractivity contribution is -0.274. The summed E-state index contributed by atoms with van der Waals surface area (Å²) in [6, 6.07) is 12.8. The third kappa shape index (κ3) is 7.80. The van der Waals surface area contributed by atoms with Crippen LogP contribution in [0.25, 0.3) is 11.3 Å². The van der Waals surface area contributed by atoms with E-state index in [1.165, 1.54) is 18.2 Å². The van der Waals surface area contributed by atoms with Gasteiger partial charge in [0.1, 0.15) is 11.6 Å². The van der Waals surface area contributed by atoms with Crippen molar-refractivity contribution in [3.63, 3.8) is 0 Å². The van der Waals surface area contributed by atoms with Crippen LogP contribution in [-0.4, -0.2) is 48.4 Å². The number of aromatic nitrogens is 2. The fourth-order valence-electron chi connectivity index (χ4n) is 3.05. The summed E-state index contributed by atoms with van der Waals surface area (Å²) in [4.78, 5) is 11.1. The Morgan fingerprint density at radius 1 is 1.06 bits per heavy atom. The van der Waals surface area contributed by atoms with E-state index >= 15 is 0 Å². The van der Waals surface area contributed by atoms with E-state index in [1.807, 2.05) is 27.1 Å². The highest BCUT2D eigenvalue weighted by Crippen LogP contribution is 2.30. The molecule has 0 saturated carbocycles. The van der Waals surface area contributed by atoms with Crippen LogP contribution < -0.4 is 15.4 Å². The first-order valence-electron chi connectivity index (χ1n) is 10.3. The highest BCUT2D eigenvalue weighted by molar-refractivity contribution is 6.30. The molecule has 0 atom stereocenters. The lowest BCUT2D eigenvalue weighted by atomic mass is 10.1. The van der Waals surface area contributed by atoms with Gasteiger partial charge in [0.25, 0.3) is 0 Å². The molecule has 0 amide bonds. The summed E-state index contributed by atoms with van der Waals surface area (Å²) in [6.07, 6.45) is -3.91. The summed E-state index contributed by atoms with van der Waals surface area (Å²) >= 11 is 6.13. The predicted molar refractivity (Wildman–Crippen MR) is 125 cm³/mol. The number of nitrogens with one attached hydrogen (secondary N) is 2. The Hall–Kier alpha value is -3.04. The first-order valence-corrected chi connectivity index (χ1v) is 10.6. The molecule has 0 bridgehead atoms. The highest BCUT2D eigenvalue weighted by atomic mass is 35.5. The molecule has 1 aromatic heterocycles. The normalized spacial score (nSPS) is 11.5. The van der Waals surface area contributed by atoms with Crippen LogP contribution >= 0.6 is 11.6 Å². The zero-order valence-corrected chi connectivity index (χ0v) is 19.3. The van der Waals surface area contributed by atoms with E-state index in [4.69, 9.17) is 11.6 Å². The van der Waals surface area contributed by atoms with Crippen LogP contribution in [0.1, 0.15) is 12.0 Å². The molecule has 176 valence electrons. The summed E-state index contributed by atoms with van der Waals surface area (Å²) in [7, 11) is 3.98. The minimum atomic E-state index is -4.78. The summed E-state index contributed by atoms with van der Waals surface area (Å²) in [6.45, 7) is 3.45. The molecule has 0 fully saturated rings. The van der Waals surface area contributed by atoms with Gasteiger partial charge in [-0.3, -0.25) is 0 Å². The molecule has 0 radical (unpaired) electrons. The van der Waals surface area contributed by atoms with E-state index in [0.717, 1.165) is 24.2 Å². The quantitative estimate of drug-likeness (QED) is 0.361. The van der Waals surface area contributed by atoms with Crippen molar-refractivity contribution in [3.05, 3.63) is 59.1 Å². The second-order valence-electron chi connectivity index (χ2n) is 7.71. The van der Waals surface area contributed by atoms with Crippen LogP contribution in [0.15, 0.2) is 48.5 Å². The number of aryl methyl sites for hydroxylation is 1. The third-order valence-corrected chi connectivity index (χ3v) is 4.85. The molecule has 3 rings (SSSR count). The maximum atomic E-state index is 12.7. The summed E-state index contributed by atoms with van der Waals surface area (Å²) in [5.74, 6) is 0.512. The van der Waals surface area contributed by atoms with E-state index in [2.05, 4.69) is 30.2 Å². The fraction of sp³-hybridized carbons (Fsp3) is 0.304. The number of hydrogen-bond donors (Lipinski definition) is 2. The van der Waals surface area contributed by atoms with Crippen molar-refractivity contribution < 1.29 is 17.9 Å². The summed E-state index contributed by atoms with van der Waals surface area (Å²) in [5, 5.41) is 6.99. The largest absolute Gasteiger partial charge is 0.573 e. The van der Waals surface area contributed by atoms with Gasteiger partial charge in [-0.15, -0.1) is 13.2 Å². The molecule has 33 heavy (non-hydrogen) atoms. The number of alkyl halides is 3. The number of rotatable bonds is 9. The maximum Gasteiger partial charge on any atom is 0.573 e. The molecule has 0 aliphatic heterocycles. The van der Waals surface area contributed by atoms with Gasteiger partial charge in [0.2, 0.25) is 5.95 Å². The molecule has 0 aliphatic rings. The van der Waals surface area contributed by atoms with Gasteiger partial charge < -0.3 is 20.3 Å². The van der Waals surface area contributed by atoms with Gasteiger partial charge in [0.15, 0.2) is 0 Å². The minimum absolute atomic E-state index is 0.320. The van der Waals surface area contributed by atoms with Crippen molar-refractivity contribution in [1.29, 1.82) is 0 Å². The Morgan fingerprint density at radius 2 is 1.85 bits per heavy atom. The van der Waals surface area contributed by atoms with Gasteiger partial charge in [-0.05, 0) is 63.8 Å². The van der Waals surface area contributed by atoms with Crippen molar-refractivity contribution in [2.24, 2.45) is 0 Å². The van der Waals surface area contributed by atoms with Crippen molar-refractivity contribution in [1.82, 2.24) is 14.9 Å². The Labute approximate surface area is 195 Å². The van der Waals surface area contributed by atoms with Gasteiger partial charge in [-0.1, -0.05) is 29.8 Å². The molecule has 1 heterocycles. The smallest absolute Gasteiger partial charge is 0.406 e. The topological polar surface area (TPSA) is 62.3 Å². The van der Waals surface area contributed by atoms with Gasteiger partial charge >= 0.3 is 6.36 Å². The van der Waals surface area contributed by atoms with Crippen LogP contribution in [0.4, 0.5) is 30.6 Å². The van der Waals surface area contributed by atoms with Crippen molar-refractivity contribution in [2.75, 3.05) is 37.8 Å². The number of benzene rings is 2. The van der Waals surface area contributed by atoms with Gasteiger partial charge in [0, 0.05) is 28.9 Å². The first kappa shape index (κ1) is 24.6. The lowest BCUT2D eigenvalue weighted by Crippen LogP contribution is -2.17. The molecule has 2 N–H and O–H groups in total. The van der Waals surface area contributed by atoms with Crippen molar-refractivity contribution in [3.8, 4) is 17.0 Å². The third-order valence-electron chi connectivity index (χ3n) is 4.62. The van der Waals surface area contributed by atoms with Crippen molar-refractivity contribution >= 4 is 29.1 Å². The number of hydrogen-bond acceptors (Lipinski definition) is 6. The van der Waals surface area contributed by atoms with Crippen LogP contribution in [0.3, 0.4) is 0 Å². The molecular formula is C23H25ClF3N5O. The van der Waals surface area contributed by atoms with E-state index in [9.17, 15) is 13.2 Å². The molecule has 6 nitrogen and oxygen atoms in total. The SMILES string of the molecule is Cc1ccc(Cl)cc1Nc1cc(-c2cccc(OC(F)(F)F)c2)nc(NCCCN(C)C)n1. The Balaban J connectivity index is 1.93. The zero-order chi connectivity index (χ0) is 24.0. The lowest BCUT2D eigenvalue weighted by Gasteiger charge is -2.14. The summed E-state index contributed by atoms with van der Waals surface area (Å²) in [5.41, 5.74) is 2.62. The van der Waals surface area contributed by atoms with E-state index in [0.29, 0.717) is 34.6 Å². The van der Waals surface area contributed by atoms with Crippen molar-refractivity contribution in [2.45, 2.75) is 19.7 Å². The highest BCUT2D eigenvalue weighted by Gasteiger charge is 2.31. The van der Waals surface area contributed by atoms with Gasteiger partial charge in [0.05, 0.1) is 5.69 Å². The second-order valence-corrected chi connectivity index (χ2v) is 8.14. The number of anilines is 3. The van der Waals surface area contributed by atoms with Crippen LogP contribution in [0.5, 0.6) is 5.75 Å². The van der Waals surface area contributed by atoms with E-state index in [1.54, 1.807) is 24.3 Å². The minimum Gasteiger partial charge on any atom is -0.406 e. The predicted octanol–water partition coefficient (Wildman–Crippen LogP) is 6.11. The number of ether oxygens (including phenoxy) is 1. The number of nitrogens with zero attached hydrogens (tertiary/aromatic N) is 3. The molecule has 10 heteroatoms. The Bertz CT molecular complexity index is 1090. The molecular weight excluding hydrogens is 455 g/mol. The molecule has 0 saturated heterocycles. The monoisotopic (exact) mass is 479 g/mol. The maximum absolute atomic E-state index is 12.7. The molecule has 0 unspecified atom stereocenters.